The Labute approximate surface area is 200 Å². The maximum absolute atomic E-state index is 13.1. The van der Waals surface area contributed by atoms with E-state index in [9.17, 15) is 9.18 Å². The highest BCUT2D eigenvalue weighted by Gasteiger charge is 2.24. The average Bonchev–Trinajstić information content (AvgIpc) is 3.27. The first-order chi connectivity index (χ1) is 17.2. The molecule has 0 atom stereocenters. The standard InChI is InChI=1S/C27H19FN6O/c28-20-13-11-19(12-14-20)27(35)30-16-17-7-9-18(10-8-17)25-32-33-26-21-4-1-2-5-22(21)31-24-23(34(25)26)6-3-15-29-24/h1-15H,16H2,(H,29,31)(H,30,35). The number of carbonyl (C=O) groups is 1. The number of halogens is 1. The first-order valence-corrected chi connectivity index (χ1v) is 11.1. The Morgan fingerprint density at radius 2 is 1.66 bits per heavy atom. The lowest BCUT2D eigenvalue weighted by molar-refractivity contribution is 0.0951. The molecular formula is C27H19FN6O. The minimum atomic E-state index is -0.374. The van der Waals surface area contributed by atoms with Crippen molar-refractivity contribution in [2.75, 3.05) is 5.32 Å². The van der Waals surface area contributed by atoms with Gasteiger partial charge < -0.3 is 10.6 Å². The van der Waals surface area contributed by atoms with Crippen LogP contribution in [0.5, 0.6) is 0 Å². The van der Waals surface area contributed by atoms with E-state index in [4.69, 9.17) is 0 Å². The molecular weight excluding hydrogens is 443 g/mol. The van der Waals surface area contributed by atoms with Crippen LogP contribution in [0.1, 0.15) is 15.9 Å². The van der Waals surface area contributed by atoms with Gasteiger partial charge in [-0.25, -0.2) is 9.37 Å². The summed E-state index contributed by atoms with van der Waals surface area (Å²) in [6.45, 7) is 0.346. The van der Waals surface area contributed by atoms with Crippen molar-refractivity contribution in [1.82, 2.24) is 25.1 Å². The van der Waals surface area contributed by atoms with Crippen LogP contribution in [-0.2, 0) is 6.54 Å². The van der Waals surface area contributed by atoms with E-state index in [0.29, 0.717) is 17.9 Å². The third-order valence-corrected chi connectivity index (χ3v) is 5.88. The number of amides is 1. The predicted molar refractivity (Wildman–Crippen MR) is 131 cm³/mol. The molecule has 0 spiro atoms. The highest BCUT2D eigenvalue weighted by molar-refractivity contribution is 5.94. The number of hydrogen-bond acceptors (Lipinski definition) is 5. The second kappa shape index (κ2) is 8.49. The topological polar surface area (TPSA) is 84.7 Å². The zero-order valence-electron chi connectivity index (χ0n) is 18.4. The Morgan fingerprint density at radius 3 is 2.49 bits per heavy atom. The van der Waals surface area contributed by atoms with Crippen molar-refractivity contribution in [3.8, 4) is 28.5 Å². The van der Waals surface area contributed by atoms with Crippen LogP contribution in [0.4, 0.5) is 15.9 Å². The van der Waals surface area contributed by atoms with Crippen LogP contribution in [0.25, 0.3) is 28.5 Å². The molecule has 0 radical (unpaired) electrons. The van der Waals surface area contributed by atoms with E-state index in [1.165, 1.54) is 24.3 Å². The van der Waals surface area contributed by atoms with Crippen molar-refractivity contribution in [1.29, 1.82) is 0 Å². The summed E-state index contributed by atoms with van der Waals surface area (Å²) >= 11 is 0. The second-order valence-electron chi connectivity index (χ2n) is 8.11. The van der Waals surface area contributed by atoms with E-state index in [0.717, 1.165) is 39.7 Å². The van der Waals surface area contributed by atoms with Gasteiger partial charge in [0.05, 0.1) is 11.4 Å². The van der Waals surface area contributed by atoms with Gasteiger partial charge >= 0.3 is 0 Å². The molecule has 5 aromatic rings. The number of nitrogens with one attached hydrogen (secondary N) is 2. The highest BCUT2D eigenvalue weighted by atomic mass is 19.1. The lowest BCUT2D eigenvalue weighted by atomic mass is 10.1. The van der Waals surface area contributed by atoms with Crippen LogP contribution in [0.15, 0.2) is 91.1 Å². The molecule has 0 aliphatic carbocycles. The fraction of sp³-hybridized carbons (Fsp3) is 0.0370. The van der Waals surface area contributed by atoms with E-state index >= 15 is 0 Å². The van der Waals surface area contributed by atoms with Crippen LogP contribution in [0.3, 0.4) is 0 Å². The molecule has 0 saturated carbocycles. The number of fused-ring (bicyclic) bond motifs is 5. The number of nitrogens with zero attached hydrogens (tertiary/aromatic N) is 4. The molecule has 0 saturated heterocycles. The van der Waals surface area contributed by atoms with Gasteiger partial charge in [0.1, 0.15) is 5.82 Å². The van der Waals surface area contributed by atoms with E-state index in [1.54, 1.807) is 6.20 Å². The Bertz CT molecular complexity index is 1540. The fourth-order valence-electron chi connectivity index (χ4n) is 4.12. The molecule has 2 aromatic heterocycles. The number of pyridine rings is 1. The quantitative estimate of drug-likeness (QED) is 0.380. The van der Waals surface area contributed by atoms with Gasteiger partial charge in [-0.15, -0.1) is 10.2 Å². The van der Waals surface area contributed by atoms with Gasteiger partial charge in [-0.1, -0.05) is 36.4 Å². The van der Waals surface area contributed by atoms with Gasteiger partial charge in [0.15, 0.2) is 17.5 Å². The van der Waals surface area contributed by atoms with E-state index in [2.05, 4.69) is 25.8 Å². The van der Waals surface area contributed by atoms with Crippen molar-refractivity contribution in [2.24, 2.45) is 0 Å². The summed E-state index contributed by atoms with van der Waals surface area (Å²) in [6, 6.07) is 25.1. The molecule has 170 valence electrons. The Hall–Kier alpha value is -4.85. The maximum Gasteiger partial charge on any atom is 0.251 e. The normalized spacial score (nSPS) is 11.5. The van der Waals surface area contributed by atoms with Crippen LogP contribution in [-0.4, -0.2) is 25.7 Å². The van der Waals surface area contributed by atoms with Crippen molar-refractivity contribution < 1.29 is 9.18 Å². The number of carbonyl (C=O) groups excluding carboxylic acids is 1. The molecule has 3 aromatic carbocycles. The highest BCUT2D eigenvalue weighted by Crippen LogP contribution is 2.38. The SMILES string of the molecule is O=C(NCc1ccc(-c2nnc3n2-c2cccnc2Nc2ccccc2-3)cc1)c1ccc(F)cc1. The van der Waals surface area contributed by atoms with E-state index in [-0.39, 0.29) is 11.7 Å². The van der Waals surface area contributed by atoms with Crippen LogP contribution in [0, 0.1) is 5.82 Å². The summed E-state index contributed by atoms with van der Waals surface area (Å²) in [7, 11) is 0. The first-order valence-electron chi connectivity index (χ1n) is 11.1. The average molecular weight is 462 g/mol. The van der Waals surface area contributed by atoms with Gasteiger partial charge in [-0.2, -0.15) is 0 Å². The number of anilines is 2. The molecule has 35 heavy (non-hydrogen) atoms. The second-order valence-corrected chi connectivity index (χ2v) is 8.11. The minimum absolute atomic E-state index is 0.257. The van der Waals surface area contributed by atoms with Crippen molar-refractivity contribution in [3.05, 3.63) is 108 Å². The van der Waals surface area contributed by atoms with Crippen molar-refractivity contribution in [3.63, 3.8) is 0 Å². The van der Waals surface area contributed by atoms with Gasteiger partial charge in [0.2, 0.25) is 0 Å². The molecule has 1 amide bonds. The van der Waals surface area contributed by atoms with Crippen LogP contribution in [0.2, 0.25) is 0 Å². The molecule has 0 bridgehead atoms. The number of rotatable bonds is 4. The summed E-state index contributed by atoms with van der Waals surface area (Å²) in [5, 5.41) is 15.3. The minimum Gasteiger partial charge on any atom is -0.348 e. The number of para-hydroxylation sites is 1. The smallest absolute Gasteiger partial charge is 0.251 e. The van der Waals surface area contributed by atoms with Crippen LogP contribution < -0.4 is 10.6 Å². The van der Waals surface area contributed by atoms with E-state index in [1.807, 2.05) is 65.2 Å². The zero-order valence-corrected chi connectivity index (χ0v) is 18.4. The maximum atomic E-state index is 13.1. The molecule has 6 rings (SSSR count). The predicted octanol–water partition coefficient (Wildman–Crippen LogP) is 5.12. The Kier molecular flexibility index (Phi) is 5.03. The monoisotopic (exact) mass is 462 g/mol. The number of hydrogen-bond donors (Lipinski definition) is 2. The molecule has 7 nitrogen and oxygen atoms in total. The lowest BCUT2D eigenvalue weighted by Crippen LogP contribution is -2.22. The van der Waals surface area contributed by atoms with Gasteiger partial charge in [0.25, 0.3) is 5.91 Å². The van der Waals surface area contributed by atoms with Crippen molar-refractivity contribution in [2.45, 2.75) is 6.54 Å². The van der Waals surface area contributed by atoms with Crippen LogP contribution >= 0.6 is 0 Å². The molecule has 0 unspecified atom stereocenters. The van der Waals surface area contributed by atoms with Crippen molar-refractivity contribution >= 4 is 17.4 Å². The summed E-state index contributed by atoms with van der Waals surface area (Å²) in [6.07, 6.45) is 1.75. The summed E-state index contributed by atoms with van der Waals surface area (Å²) in [4.78, 5) is 16.9. The van der Waals surface area contributed by atoms with Gasteiger partial charge in [-0.05, 0) is 54.1 Å². The Morgan fingerprint density at radius 1 is 0.886 bits per heavy atom. The van der Waals surface area contributed by atoms with Gasteiger partial charge in [-0.3, -0.25) is 9.36 Å². The molecule has 3 heterocycles. The molecule has 8 heteroatoms. The fourth-order valence-corrected chi connectivity index (χ4v) is 4.12. The third kappa shape index (κ3) is 3.80. The largest absolute Gasteiger partial charge is 0.348 e. The third-order valence-electron chi connectivity index (χ3n) is 5.88. The zero-order chi connectivity index (χ0) is 23.8. The Balaban J connectivity index is 1.30. The lowest BCUT2D eigenvalue weighted by Gasteiger charge is -2.11. The molecule has 0 fully saturated rings. The molecule has 1 aliphatic heterocycles. The summed E-state index contributed by atoms with van der Waals surface area (Å²) in [5.41, 5.74) is 4.92. The summed E-state index contributed by atoms with van der Waals surface area (Å²) < 4.78 is 15.1. The first kappa shape index (κ1) is 20.7. The van der Waals surface area contributed by atoms with E-state index < -0.39 is 0 Å². The number of aromatic nitrogens is 4. The molecule has 1 aliphatic rings. The summed E-state index contributed by atoms with van der Waals surface area (Å²) in [5.74, 6) is 1.51. The van der Waals surface area contributed by atoms with Gasteiger partial charge in [0, 0.05) is 29.4 Å². The number of benzene rings is 3. The molecule has 2 N–H and O–H groups in total.